The van der Waals surface area contributed by atoms with Crippen LogP contribution in [0, 0.1) is 0 Å². The van der Waals surface area contributed by atoms with Gasteiger partial charge in [0.05, 0.1) is 11.8 Å². The summed E-state index contributed by atoms with van der Waals surface area (Å²) in [6, 6.07) is 12.1. The Hall–Kier alpha value is -1.99. The van der Waals surface area contributed by atoms with Crippen molar-refractivity contribution in [1.82, 2.24) is 5.43 Å². The predicted molar refractivity (Wildman–Crippen MR) is 94.7 cm³/mol. The van der Waals surface area contributed by atoms with Crippen LogP contribution in [0.3, 0.4) is 0 Å². The van der Waals surface area contributed by atoms with E-state index < -0.39 is 5.97 Å². The molecule has 2 aromatic rings. The fraction of sp³-hybridized carbons (Fsp3) is 0.0625. The van der Waals surface area contributed by atoms with Gasteiger partial charge in [0.2, 0.25) is 0 Å². The van der Waals surface area contributed by atoms with E-state index in [9.17, 15) is 9.59 Å². The average Bonchev–Trinajstić information content (AvgIpc) is 2.50. The number of carbonyl (C=O) groups excluding carboxylic acids is 2. The lowest BCUT2D eigenvalue weighted by Gasteiger charge is -2.06. The fourth-order valence-electron chi connectivity index (χ4n) is 1.73. The highest BCUT2D eigenvalue weighted by Gasteiger charge is 2.08. The number of ether oxygens (including phenoxy) is 1. The van der Waals surface area contributed by atoms with E-state index in [4.69, 9.17) is 4.74 Å². The summed E-state index contributed by atoms with van der Waals surface area (Å²) < 4.78 is 6.57. The van der Waals surface area contributed by atoms with Crippen molar-refractivity contribution < 1.29 is 14.3 Å². The minimum atomic E-state index is -0.431. The second-order valence-electron chi connectivity index (χ2n) is 4.45. The summed E-state index contributed by atoms with van der Waals surface area (Å²) in [6.07, 6.45) is 1.41. The smallest absolute Gasteiger partial charge is 0.308 e. The Labute approximate surface area is 150 Å². The van der Waals surface area contributed by atoms with Crippen LogP contribution in [0.15, 0.2) is 56.5 Å². The summed E-state index contributed by atoms with van der Waals surface area (Å²) in [6.45, 7) is 1.32. The van der Waals surface area contributed by atoms with Gasteiger partial charge in [0.1, 0.15) is 5.75 Å². The monoisotopic (exact) mass is 438 g/mol. The van der Waals surface area contributed by atoms with Crippen molar-refractivity contribution in [2.75, 3.05) is 0 Å². The highest BCUT2D eigenvalue weighted by atomic mass is 79.9. The van der Waals surface area contributed by atoms with Crippen LogP contribution < -0.4 is 10.2 Å². The Balaban J connectivity index is 2.14. The molecule has 0 bridgehead atoms. The van der Waals surface area contributed by atoms with Crippen LogP contribution in [0.2, 0.25) is 0 Å². The average molecular weight is 440 g/mol. The van der Waals surface area contributed by atoms with Gasteiger partial charge < -0.3 is 4.74 Å². The first-order valence-corrected chi connectivity index (χ1v) is 8.12. The van der Waals surface area contributed by atoms with Crippen molar-refractivity contribution in [2.45, 2.75) is 6.92 Å². The fourth-order valence-corrected chi connectivity index (χ4v) is 2.58. The Morgan fingerprint density at radius 1 is 1.17 bits per heavy atom. The minimum Gasteiger partial charge on any atom is -0.426 e. The van der Waals surface area contributed by atoms with Crippen molar-refractivity contribution in [3.63, 3.8) is 0 Å². The maximum Gasteiger partial charge on any atom is 0.308 e. The third-order valence-electron chi connectivity index (χ3n) is 2.71. The first-order chi connectivity index (χ1) is 11.0. The van der Waals surface area contributed by atoms with Gasteiger partial charge in [0.25, 0.3) is 5.91 Å². The van der Waals surface area contributed by atoms with Crippen LogP contribution in [0.5, 0.6) is 5.75 Å². The van der Waals surface area contributed by atoms with Gasteiger partial charge in [-0.25, -0.2) is 5.43 Å². The number of esters is 1. The zero-order valence-corrected chi connectivity index (χ0v) is 15.2. The van der Waals surface area contributed by atoms with E-state index in [2.05, 4.69) is 42.4 Å². The Bertz CT molecular complexity index is 776. The molecular formula is C16H12Br2N2O3. The summed E-state index contributed by atoms with van der Waals surface area (Å²) in [4.78, 5) is 23.1. The molecule has 118 valence electrons. The zero-order valence-electron chi connectivity index (χ0n) is 12.0. The van der Waals surface area contributed by atoms with Crippen LogP contribution in [-0.2, 0) is 4.79 Å². The molecular weight excluding hydrogens is 428 g/mol. The minimum absolute atomic E-state index is 0.349. The normalized spacial score (nSPS) is 10.6. The molecule has 0 saturated carbocycles. The third-order valence-corrected chi connectivity index (χ3v) is 3.90. The molecule has 0 unspecified atom stereocenters. The van der Waals surface area contributed by atoms with Crippen LogP contribution in [-0.4, -0.2) is 18.1 Å². The standard InChI is InChI=1S/C16H12Br2N2O3/c1-10(21)23-15-7-6-12(17)8-11(15)9-19-20-16(22)13-4-2-3-5-14(13)18/h2-9H,1H3,(H,20,22)/b19-9-. The first kappa shape index (κ1) is 17.4. The van der Waals surface area contributed by atoms with Crippen LogP contribution in [0.4, 0.5) is 0 Å². The van der Waals surface area contributed by atoms with Gasteiger partial charge in [-0.2, -0.15) is 5.10 Å². The number of hydrazone groups is 1. The van der Waals surface area contributed by atoms with E-state index in [0.29, 0.717) is 21.3 Å². The summed E-state index contributed by atoms with van der Waals surface area (Å²) in [7, 11) is 0. The lowest BCUT2D eigenvalue weighted by molar-refractivity contribution is -0.131. The predicted octanol–water partition coefficient (Wildman–Crippen LogP) is 3.90. The van der Waals surface area contributed by atoms with Gasteiger partial charge >= 0.3 is 5.97 Å². The Morgan fingerprint density at radius 2 is 1.91 bits per heavy atom. The van der Waals surface area contributed by atoms with Crippen LogP contribution in [0.1, 0.15) is 22.8 Å². The molecule has 0 aromatic heterocycles. The number of benzene rings is 2. The first-order valence-electron chi connectivity index (χ1n) is 6.53. The number of hydrogen-bond acceptors (Lipinski definition) is 4. The number of rotatable bonds is 4. The molecule has 7 heteroatoms. The molecule has 0 spiro atoms. The van der Waals surface area contributed by atoms with Gasteiger partial charge in [-0.3, -0.25) is 9.59 Å². The lowest BCUT2D eigenvalue weighted by Crippen LogP contribution is -2.18. The van der Waals surface area contributed by atoms with Crippen molar-refractivity contribution in [1.29, 1.82) is 0 Å². The molecule has 2 rings (SSSR count). The quantitative estimate of drug-likeness (QED) is 0.340. The van der Waals surface area contributed by atoms with E-state index in [1.54, 1.807) is 36.4 Å². The Morgan fingerprint density at radius 3 is 2.61 bits per heavy atom. The van der Waals surface area contributed by atoms with Gasteiger partial charge in [-0.1, -0.05) is 28.1 Å². The summed E-state index contributed by atoms with van der Waals surface area (Å²) >= 11 is 6.64. The molecule has 0 aliphatic carbocycles. The number of amides is 1. The molecule has 0 heterocycles. The van der Waals surface area contributed by atoms with E-state index in [0.717, 1.165) is 4.47 Å². The maximum atomic E-state index is 12.0. The van der Waals surface area contributed by atoms with Crippen molar-refractivity contribution in [3.05, 3.63) is 62.5 Å². The molecule has 0 aliphatic heterocycles. The van der Waals surface area contributed by atoms with Gasteiger partial charge in [-0.05, 0) is 46.3 Å². The number of nitrogens with one attached hydrogen (secondary N) is 1. The molecule has 1 amide bonds. The van der Waals surface area contributed by atoms with Crippen LogP contribution >= 0.6 is 31.9 Å². The molecule has 5 nitrogen and oxygen atoms in total. The molecule has 0 radical (unpaired) electrons. The highest BCUT2D eigenvalue weighted by molar-refractivity contribution is 9.10. The second-order valence-corrected chi connectivity index (χ2v) is 6.22. The molecule has 23 heavy (non-hydrogen) atoms. The van der Waals surface area contributed by atoms with E-state index in [1.165, 1.54) is 13.1 Å². The van der Waals surface area contributed by atoms with Crippen molar-refractivity contribution >= 4 is 50.0 Å². The summed E-state index contributed by atoms with van der Waals surface area (Å²) in [5, 5.41) is 3.91. The molecule has 1 N–H and O–H groups in total. The van der Waals surface area contributed by atoms with Crippen LogP contribution in [0.25, 0.3) is 0 Å². The topological polar surface area (TPSA) is 67.8 Å². The zero-order chi connectivity index (χ0) is 16.8. The Kier molecular flexibility index (Phi) is 6.06. The molecule has 0 saturated heterocycles. The number of nitrogens with zero attached hydrogens (tertiary/aromatic N) is 1. The van der Waals surface area contributed by atoms with E-state index in [1.807, 2.05) is 6.07 Å². The molecule has 0 fully saturated rings. The highest BCUT2D eigenvalue weighted by Crippen LogP contribution is 2.22. The van der Waals surface area contributed by atoms with Gasteiger partial charge in [0.15, 0.2) is 0 Å². The number of carbonyl (C=O) groups is 2. The van der Waals surface area contributed by atoms with E-state index in [-0.39, 0.29) is 5.91 Å². The largest absolute Gasteiger partial charge is 0.426 e. The molecule has 0 atom stereocenters. The number of halogens is 2. The maximum absolute atomic E-state index is 12.0. The third kappa shape index (κ3) is 5.01. The van der Waals surface area contributed by atoms with E-state index >= 15 is 0 Å². The second kappa shape index (κ2) is 8.03. The summed E-state index contributed by atoms with van der Waals surface area (Å²) in [5.41, 5.74) is 3.46. The molecule has 2 aromatic carbocycles. The SMILES string of the molecule is CC(=O)Oc1ccc(Br)cc1/C=N\NC(=O)c1ccccc1Br. The summed E-state index contributed by atoms with van der Waals surface area (Å²) in [5.74, 6) is -0.420. The van der Waals surface area contributed by atoms with Gasteiger partial charge in [-0.15, -0.1) is 0 Å². The molecule has 0 aliphatic rings. The van der Waals surface area contributed by atoms with Crippen molar-refractivity contribution in [2.24, 2.45) is 5.10 Å². The van der Waals surface area contributed by atoms with Gasteiger partial charge in [0, 0.05) is 21.4 Å². The van der Waals surface area contributed by atoms with Crippen molar-refractivity contribution in [3.8, 4) is 5.75 Å². The lowest BCUT2D eigenvalue weighted by atomic mass is 10.2. The number of hydrogen-bond donors (Lipinski definition) is 1.